The van der Waals surface area contributed by atoms with Crippen molar-refractivity contribution >= 4 is 5.97 Å². The number of ether oxygens (including phenoxy) is 1. The van der Waals surface area contributed by atoms with Gasteiger partial charge in [-0.15, -0.1) is 0 Å². The minimum atomic E-state index is -1.07. The highest BCUT2D eigenvalue weighted by Gasteiger charge is 2.52. The monoisotopic (exact) mass is 237 g/mol. The van der Waals surface area contributed by atoms with Crippen LogP contribution in [-0.4, -0.2) is 29.3 Å². The highest BCUT2D eigenvalue weighted by molar-refractivity contribution is 5.84. The molecule has 1 aliphatic carbocycles. The molecule has 1 aromatic carbocycles. The number of nitrogens with two attached hydrogens (primary N) is 1. The maximum absolute atomic E-state index is 11.4. The maximum Gasteiger partial charge on any atom is 0.314 e. The first-order chi connectivity index (χ1) is 8.01. The highest BCUT2D eigenvalue weighted by atomic mass is 16.5. The summed E-state index contributed by atoms with van der Waals surface area (Å²) in [5.41, 5.74) is 4.98. The van der Waals surface area contributed by atoms with Gasteiger partial charge in [0.2, 0.25) is 0 Å². The third-order valence-electron chi connectivity index (χ3n) is 3.37. The summed E-state index contributed by atoms with van der Waals surface area (Å²) in [6, 6.07) is 4.74. The lowest BCUT2D eigenvalue weighted by Crippen LogP contribution is -2.54. The number of carboxylic acids is 1. The first kappa shape index (κ1) is 11.7. The van der Waals surface area contributed by atoms with Crippen molar-refractivity contribution in [3.05, 3.63) is 23.8 Å². The standard InChI is InChI=1S/C12H15NO4/c1-17-9-4-2-3-8(10(9)14)12(11(15)16)5-7(13)6-12/h2-4,7,14H,5-6,13H2,1H3,(H,15,16). The molecule has 5 heteroatoms. The average molecular weight is 237 g/mol. The van der Waals surface area contributed by atoms with E-state index in [0.717, 1.165) is 0 Å². The number of aliphatic carboxylic acids is 1. The van der Waals surface area contributed by atoms with Crippen molar-refractivity contribution in [2.75, 3.05) is 7.11 Å². The van der Waals surface area contributed by atoms with Gasteiger partial charge in [-0.25, -0.2) is 0 Å². The molecule has 1 aromatic rings. The van der Waals surface area contributed by atoms with Crippen LogP contribution in [0.1, 0.15) is 18.4 Å². The molecule has 0 heterocycles. The number of carbonyl (C=O) groups is 1. The van der Waals surface area contributed by atoms with Crippen LogP contribution >= 0.6 is 0 Å². The van der Waals surface area contributed by atoms with Crippen LogP contribution in [0.15, 0.2) is 18.2 Å². The summed E-state index contributed by atoms with van der Waals surface area (Å²) >= 11 is 0. The molecule has 0 spiro atoms. The lowest BCUT2D eigenvalue weighted by Gasteiger charge is -2.43. The van der Waals surface area contributed by atoms with E-state index in [-0.39, 0.29) is 17.5 Å². The fourth-order valence-corrected chi connectivity index (χ4v) is 2.42. The highest BCUT2D eigenvalue weighted by Crippen LogP contribution is 2.48. The Morgan fingerprint density at radius 2 is 2.18 bits per heavy atom. The molecule has 0 radical (unpaired) electrons. The quantitative estimate of drug-likeness (QED) is 0.724. The Labute approximate surface area is 98.8 Å². The Kier molecular flexibility index (Phi) is 2.71. The zero-order valence-corrected chi connectivity index (χ0v) is 9.51. The van der Waals surface area contributed by atoms with E-state index < -0.39 is 11.4 Å². The van der Waals surface area contributed by atoms with Crippen LogP contribution in [0.4, 0.5) is 0 Å². The van der Waals surface area contributed by atoms with Crippen molar-refractivity contribution < 1.29 is 19.7 Å². The van der Waals surface area contributed by atoms with Crippen LogP contribution in [0.2, 0.25) is 0 Å². The van der Waals surface area contributed by atoms with Crippen LogP contribution < -0.4 is 10.5 Å². The average Bonchev–Trinajstić information content (AvgIpc) is 2.25. The molecule has 1 fully saturated rings. The van der Waals surface area contributed by atoms with E-state index in [0.29, 0.717) is 18.4 Å². The normalized spacial score (nSPS) is 27.3. The first-order valence-corrected chi connectivity index (χ1v) is 5.36. The van der Waals surface area contributed by atoms with Gasteiger partial charge in [0.25, 0.3) is 0 Å². The van der Waals surface area contributed by atoms with Crippen molar-refractivity contribution in [1.29, 1.82) is 0 Å². The summed E-state index contributed by atoms with van der Waals surface area (Å²) in [4.78, 5) is 11.4. The molecular weight excluding hydrogens is 222 g/mol. The van der Waals surface area contributed by atoms with Crippen molar-refractivity contribution in [2.24, 2.45) is 5.73 Å². The summed E-state index contributed by atoms with van der Waals surface area (Å²) in [5.74, 6) is -0.782. The molecular formula is C12H15NO4. The third kappa shape index (κ3) is 1.63. The number of para-hydroxylation sites is 1. The molecule has 0 bridgehead atoms. The Morgan fingerprint density at radius 1 is 1.53 bits per heavy atom. The van der Waals surface area contributed by atoms with E-state index in [1.54, 1.807) is 18.2 Å². The molecule has 5 nitrogen and oxygen atoms in total. The predicted molar refractivity (Wildman–Crippen MR) is 61.2 cm³/mol. The van der Waals surface area contributed by atoms with Crippen LogP contribution in [0, 0.1) is 0 Å². The molecule has 0 aliphatic heterocycles. The van der Waals surface area contributed by atoms with Crippen LogP contribution in [-0.2, 0) is 10.2 Å². The molecule has 17 heavy (non-hydrogen) atoms. The van der Waals surface area contributed by atoms with E-state index in [9.17, 15) is 15.0 Å². The molecule has 1 aliphatic rings. The molecule has 4 N–H and O–H groups in total. The van der Waals surface area contributed by atoms with Gasteiger partial charge in [-0.2, -0.15) is 0 Å². The number of hydrogen-bond donors (Lipinski definition) is 3. The van der Waals surface area contributed by atoms with Gasteiger partial charge in [0, 0.05) is 11.6 Å². The second kappa shape index (κ2) is 3.92. The fourth-order valence-electron chi connectivity index (χ4n) is 2.42. The molecule has 0 amide bonds. The Balaban J connectivity index is 2.48. The molecule has 0 aromatic heterocycles. The number of benzene rings is 1. The van der Waals surface area contributed by atoms with Crippen molar-refractivity contribution in [3.63, 3.8) is 0 Å². The van der Waals surface area contributed by atoms with Gasteiger partial charge in [-0.05, 0) is 18.9 Å². The molecule has 0 saturated heterocycles. The van der Waals surface area contributed by atoms with E-state index in [2.05, 4.69) is 0 Å². The van der Waals surface area contributed by atoms with Crippen LogP contribution in [0.3, 0.4) is 0 Å². The molecule has 1 saturated carbocycles. The Hall–Kier alpha value is -1.75. The largest absolute Gasteiger partial charge is 0.504 e. The molecule has 0 atom stereocenters. The van der Waals surface area contributed by atoms with Crippen molar-refractivity contribution in [1.82, 2.24) is 0 Å². The topological polar surface area (TPSA) is 92.8 Å². The van der Waals surface area contributed by atoms with E-state index in [4.69, 9.17) is 10.5 Å². The smallest absolute Gasteiger partial charge is 0.314 e. The summed E-state index contributed by atoms with van der Waals surface area (Å²) in [6.07, 6.45) is 0.673. The minimum absolute atomic E-state index is 0.107. The van der Waals surface area contributed by atoms with Gasteiger partial charge in [0.1, 0.15) is 0 Å². The van der Waals surface area contributed by atoms with Gasteiger partial charge < -0.3 is 20.7 Å². The van der Waals surface area contributed by atoms with Gasteiger partial charge in [-0.3, -0.25) is 4.79 Å². The Morgan fingerprint density at radius 3 is 2.65 bits per heavy atom. The number of hydrogen-bond acceptors (Lipinski definition) is 4. The number of carboxylic acid groups (broad SMARTS) is 1. The fraction of sp³-hybridized carbons (Fsp3) is 0.417. The lowest BCUT2D eigenvalue weighted by molar-refractivity contribution is -0.148. The predicted octanol–water partition coefficient (Wildman–Crippen LogP) is 0.844. The lowest BCUT2D eigenvalue weighted by atomic mass is 9.61. The summed E-state index contributed by atoms with van der Waals surface area (Å²) < 4.78 is 4.98. The van der Waals surface area contributed by atoms with E-state index in [1.165, 1.54) is 7.11 Å². The van der Waals surface area contributed by atoms with E-state index >= 15 is 0 Å². The summed E-state index contributed by atoms with van der Waals surface area (Å²) in [6.45, 7) is 0. The second-order valence-electron chi connectivity index (χ2n) is 4.41. The number of aromatic hydroxyl groups is 1. The van der Waals surface area contributed by atoms with Gasteiger partial charge >= 0.3 is 5.97 Å². The van der Waals surface area contributed by atoms with Gasteiger partial charge in [-0.1, -0.05) is 12.1 Å². The third-order valence-corrected chi connectivity index (χ3v) is 3.37. The number of phenolic OH excluding ortho intramolecular Hbond substituents is 1. The van der Waals surface area contributed by atoms with Gasteiger partial charge in [0.05, 0.1) is 12.5 Å². The van der Waals surface area contributed by atoms with Crippen LogP contribution in [0.5, 0.6) is 11.5 Å². The number of methoxy groups -OCH3 is 1. The van der Waals surface area contributed by atoms with Gasteiger partial charge in [0.15, 0.2) is 11.5 Å². The summed E-state index contributed by atoms with van der Waals surface area (Å²) in [7, 11) is 1.43. The Bertz CT molecular complexity index is 452. The molecule has 92 valence electrons. The SMILES string of the molecule is COc1cccc(C2(C(=O)O)CC(N)C2)c1O. The van der Waals surface area contributed by atoms with Crippen LogP contribution in [0.25, 0.3) is 0 Å². The first-order valence-electron chi connectivity index (χ1n) is 5.36. The van der Waals surface area contributed by atoms with Crippen molar-refractivity contribution in [3.8, 4) is 11.5 Å². The molecule has 2 rings (SSSR count). The molecule has 0 unspecified atom stereocenters. The van der Waals surface area contributed by atoms with Crippen molar-refractivity contribution in [2.45, 2.75) is 24.3 Å². The minimum Gasteiger partial charge on any atom is -0.504 e. The second-order valence-corrected chi connectivity index (χ2v) is 4.41. The number of phenols is 1. The maximum atomic E-state index is 11.4. The zero-order valence-electron chi connectivity index (χ0n) is 9.51. The zero-order chi connectivity index (χ0) is 12.6. The number of rotatable bonds is 3. The summed E-state index contributed by atoms with van der Waals surface area (Å²) in [5, 5.41) is 19.3. The van der Waals surface area contributed by atoms with E-state index in [1.807, 2.05) is 0 Å².